The van der Waals surface area contributed by atoms with Crippen LogP contribution in [-0.4, -0.2) is 65.1 Å². The molecule has 0 saturated carbocycles. The van der Waals surface area contributed by atoms with E-state index in [4.69, 9.17) is 18.3 Å². The number of quaternary nitrogens is 1. The molecule has 0 fully saturated rings. The summed E-state index contributed by atoms with van der Waals surface area (Å²) in [5.74, 6) is -0.0945. The number of rotatable bonds is 26. The van der Waals surface area contributed by atoms with Crippen LogP contribution >= 0.6 is 8.60 Å². The standard InChI is InChI=1S/C27H57NO5P/c1-6-7-8-9-10-11-12-13-14-15-16-17-18-19-20-22-27(29)31-24-21-25-32-34(30-5)33-26-23-28(2,3)4/h6-26H2,1-5H3/q+1. The molecule has 0 aliphatic heterocycles. The van der Waals surface area contributed by atoms with Gasteiger partial charge in [0.1, 0.15) is 13.2 Å². The summed E-state index contributed by atoms with van der Waals surface area (Å²) in [5, 5.41) is 0. The predicted molar refractivity (Wildman–Crippen MR) is 144 cm³/mol. The molecular formula is C27H57NO5P+. The van der Waals surface area contributed by atoms with Crippen molar-refractivity contribution in [1.82, 2.24) is 0 Å². The van der Waals surface area contributed by atoms with Crippen molar-refractivity contribution in [2.45, 2.75) is 116 Å². The molecule has 204 valence electrons. The number of likely N-dealkylation sites (N-methyl/N-ethyl adjacent to an activating group) is 1. The molecule has 7 heteroatoms. The number of nitrogens with zero attached hydrogens (tertiary/aromatic N) is 1. The van der Waals surface area contributed by atoms with Crippen LogP contribution in [0.25, 0.3) is 0 Å². The van der Waals surface area contributed by atoms with Gasteiger partial charge in [-0.05, 0) is 6.42 Å². The average Bonchev–Trinajstić information content (AvgIpc) is 2.79. The first-order chi connectivity index (χ1) is 16.4. The van der Waals surface area contributed by atoms with Crippen molar-refractivity contribution in [2.24, 2.45) is 0 Å². The van der Waals surface area contributed by atoms with Gasteiger partial charge in [0.15, 0.2) is 0 Å². The van der Waals surface area contributed by atoms with E-state index in [1.165, 1.54) is 83.5 Å². The number of carbonyl (C=O) groups excluding carboxylic acids is 1. The van der Waals surface area contributed by atoms with Crippen LogP contribution in [0.4, 0.5) is 0 Å². The number of hydrogen-bond donors (Lipinski definition) is 0. The smallest absolute Gasteiger partial charge is 0.332 e. The molecule has 0 aliphatic rings. The molecule has 0 N–H and O–H groups in total. The lowest BCUT2D eigenvalue weighted by atomic mass is 10.0. The summed E-state index contributed by atoms with van der Waals surface area (Å²) in [6, 6.07) is 0. The maximum atomic E-state index is 11.9. The van der Waals surface area contributed by atoms with Gasteiger partial charge in [0.2, 0.25) is 0 Å². The molecule has 0 aromatic rings. The lowest BCUT2D eigenvalue weighted by Crippen LogP contribution is -2.37. The van der Waals surface area contributed by atoms with E-state index in [1.807, 2.05) is 0 Å². The number of esters is 1. The van der Waals surface area contributed by atoms with Crippen LogP contribution in [0.5, 0.6) is 0 Å². The molecule has 0 bridgehead atoms. The minimum Gasteiger partial charge on any atom is -0.466 e. The number of carbonyl (C=O) groups is 1. The van der Waals surface area contributed by atoms with Gasteiger partial charge in [0, 0.05) is 20.0 Å². The second-order valence-corrected chi connectivity index (χ2v) is 11.7. The van der Waals surface area contributed by atoms with Gasteiger partial charge in [-0.2, -0.15) is 0 Å². The van der Waals surface area contributed by atoms with Gasteiger partial charge in [0.05, 0.1) is 34.4 Å². The van der Waals surface area contributed by atoms with Crippen molar-refractivity contribution in [3.8, 4) is 0 Å². The van der Waals surface area contributed by atoms with Gasteiger partial charge in [-0.1, -0.05) is 96.8 Å². The van der Waals surface area contributed by atoms with Crippen LogP contribution in [0, 0.1) is 0 Å². The first-order valence-corrected chi connectivity index (χ1v) is 15.0. The third-order valence-electron chi connectivity index (χ3n) is 5.84. The highest BCUT2D eigenvalue weighted by Crippen LogP contribution is 2.38. The molecule has 0 amide bonds. The van der Waals surface area contributed by atoms with E-state index in [0.29, 0.717) is 32.7 Å². The van der Waals surface area contributed by atoms with Crippen LogP contribution in [0.3, 0.4) is 0 Å². The summed E-state index contributed by atoms with van der Waals surface area (Å²) in [7, 11) is 6.63. The second kappa shape index (κ2) is 24.4. The highest BCUT2D eigenvalue weighted by Gasteiger charge is 2.14. The van der Waals surface area contributed by atoms with Crippen molar-refractivity contribution in [3.63, 3.8) is 0 Å². The Morgan fingerprint density at radius 2 is 1.12 bits per heavy atom. The Labute approximate surface area is 213 Å². The molecule has 0 radical (unpaired) electrons. The maximum Gasteiger partial charge on any atom is 0.332 e. The van der Waals surface area contributed by atoms with Gasteiger partial charge >= 0.3 is 14.6 Å². The maximum absolute atomic E-state index is 11.9. The zero-order valence-electron chi connectivity index (χ0n) is 23.3. The zero-order valence-corrected chi connectivity index (χ0v) is 24.2. The summed E-state index contributed by atoms with van der Waals surface area (Å²) in [6.07, 6.45) is 21.1. The van der Waals surface area contributed by atoms with Gasteiger partial charge in [0.25, 0.3) is 0 Å². The van der Waals surface area contributed by atoms with E-state index in [-0.39, 0.29) is 5.97 Å². The summed E-state index contributed by atoms with van der Waals surface area (Å²) in [6.45, 7) is 4.62. The monoisotopic (exact) mass is 506 g/mol. The van der Waals surface area contributed by atoms with Gasteiger partial charge in [-0.15, -0.1) is 0 Å². The van der Waals surface area contributed by atoms with E-state index in [1.54, 1.807) is 7.11 Å². The predicted octanol–water partition coefficient (Wildman–Crippen LogP) is 7.79. The lowest BCUT2D eigenvalue weighted by Gasteiger charge is -2.24. The van der Waals surface area contributed by atoms with Crippen molar-refractivity contribution < 1.29 is 27.6 Å². The fourth-order valence-corrected chi connectivity index (χ4v) is 4.42. The zero-order chi connectivity index (χ0) is 25.3. The van der Waals surface area contributed by atoms with Crippen molar-refractivity contribution in [1.29, 1.82) is 0 Å². The van der Waals surface area contributed by atoms with Crippen LogP contribution in [-0.2, 0) is 23.1 Å². The Morgan fingerprint density at radius 3 is 1.59 bits per heavy atom. The Kier molecular flexibility index (Phi) is 24.2. The van der Waals surface area contributed by atoms with Crippen molar-refractivity contribution in [2.75, 3.05) is 54.6 Å². The SMILES string of the molecule is CCCCCCCCCCCCCCCCCC(=O)OCCCOP(OC)OCC[N+](C)(C)C. The van der Waals surface area contributed by atoms with Crippen LogP contribution in [0.2, 0.25) is 0 Å². The Hall–Kier alpha value is -0.260. The third-order valence-corrected chi connectivity index (χ3v) is 6.93. The normalized spacial score (nSPS) is 12.7. The summed E-state index contributed by atoms with van der Waals surface area (Å²) >= 11 is 0. The third kappa shape index (κ3) is 26.3. The van der Waals surface area contributed by atoms with Crippen LogP contribution in [0.1, 0.15) is 116 Å². The summed E-state index contributed by atoms with van der Waals surface area (Å²) < 4.78 is 22.6. The number of unbranched alkanes of at least 4 members (excludes halogenated alkanes) is 14. The van der Waals surface area contributed by atoms with Crippen LogP contribution < -0.4 is 0 Å². The van der Waals surface area contributed by atoms with E-state index in [2.05, 4.69) is 28.1 Å². The van der Waals surface area contributed by atoms with Gasteiger partial charge in [-0.3, -0.25) is 4.79 Å². The van der Waals surface area contributed by atoms with E-state index in [0.717, 1.165) is 23.9 Å². The van der Waals surface area contributed by atoms with Gasteiger partial charge < -0.3 is 22.8 Å². The van der Waals surface area contributed by atoms with E-state index in [9.17, 15) is 4.79 Å². The molecule has 0 spiro atoms. The molecule has 0 aromatic carbocycles. The quantitative estimate of drug-likeness (QED) is 0.0518. The minimum atomic E-state index is -1.32. The number of hydrogen-bond acceptors (Lipinski definition) is 5. The van der Waals surface area contributed by atoms with Crippen LogP contribution in [0.15, 0.2) is 0 Å². The highest BCUT2D eigenvalue weighted by molar-refractivity contribution is 7.41. The molecule has 6 nitrogen and oxygen atoms in total. The molecule has 34 heavy (non-hydrogen) atoms. The molecular weight excluding hydrogens is 449 g/mol. The Balaban J connectivity index is 3.36. The molecule has 0 aromatic heterocycles. The first kappa shape index (κ1) is 33.7. The van der Waals surface area contributed by atoms with E-state index >= 15 is 0 Å². The Bertz CT molecular complexity index is 445. The highest BCUT2D eigenvalue weighted by atomic mass is 31.2. The fourth-order valence-electron chi connectivity index (χ4n) is 3.63. The minimum absolute atomic E-state index is 0.0945. The largest absolute Gasteiger partial charge is 0.466 e. The molecule has 0 rings (SSSR count). The summed E-state index contributed by atoms with van der Waals surface area (Å²) in [4.78, 5) is 11.9. The molecule has 0 aliphatic carbocycles. The molecule has 1 atom stereocenters. The lowest BCUT2D eigenvalue weighted by molar-refractivity contribution is -0.870. The fraction of sp³-hybridized carbons (Fsp3) is 0.963. The Morgan fingerprint density at radius 1 is 0.647 bits per heavy atom. The molecule has 1 unspecified atom stereocenters. The molecule has 0 saturated heterocycles. The van der Waals surface area contributed by atoms with E-state index < -0.39 is 8.60 Å². The topological polar surface area (TPSA) is 54.0 Å². The average molecular weight is 507 g/mol. The van der Waals surface area contributed by atoms with Crippen molar-refractivity contribution in [3.05, 3.63) is 0 Å². The molecule has 0 heterocycles. The summed E-state index contributed by atoms with van der Waals surface area (Å²) in [5.41, 5.74) is 0. The second-order valence-electron chi connectivity index (χ2n) is 10.4. The first-order valence-electron chi connectivity index (χ1n) is 13.9. The van der Waals surface area contributed by atoms with Crippen molar-refractivity contribution >= 4 is 14.6 Å². The van der Waals surface area contributed by atoms with Gasteiger partial charge in [-0.25, -0.2) is 0 Å². The number of ether oxygens (including phenoxy) is 1.